The zero-order valence-electron chi connectivity index (χ0n) is 12.1. The van der Waals surface area contributed by atoms with Crippen LogP contribution in [-0.2, 0) is 14.3 Å². The van der Waals surface area contributed by atoms with Crippen LogP contribution >= 0.6 is 0 Å². The molecule has 108 valence electrons. The highest BCUT2D eigenvalue weighted by Crippen LogP contribution is 2.18. The van der Waals surface area contributed by atoms with Crippen LogP contribution in [0, 0.1) is 0 Å². The molecule has 2 heterocycles. The summed E-state index contributed by atoms with van der Waals surface area (Å²) in [4.78, 5) is 28.0. The fourth-order valence-corrected chi connectivity index (χ4v) is 3.00. The molecule has 2 saturated heterocycles. The Hall–Kier alpha value is -1.10. The fourth-order valence-electron chi connectivity index (χ4n) is 3.00. The average molecular weight is 268 g/mol. The van der Waals surface area contributed by atoms with E-state index in [0.717, 1.165) is 19.3 Å². The van der Waals surface area contributed by atoms with Crippen LogP contribution in [-0.4, -0.2) is 59.5 Å². The number of piperidine rings is 1. The molecular weight excluding hydrogens is 244 g/mol. The Morgan fingerprint density at radius 3 is 2.21 bits per heavy atom. The topological polar surface area (TPSA) is 49.9 Å². The van der Waals surface area contributed by atoms with Gasteiger partial charge in [0.05, 0.1) is 12.2 Å². The van der Waals surface area contributed by atoms with E-state index in [9.17, 15) is 9.59 Å². The number of hydrogen-bond acceptors (Lipinski definition) is 3. The first-order valence-electron chi connectivity index (χ1n) is 7.24. The molecule has 2 fully saturated rings. The number of rotatable bonds is 0. The summed E-state index contributed by atoms with van der Waals surface area (Å²) in [6.45, 7) is 7.62. The van der Waals surface area contributed by atoms with E-state index in [1.807, 2.05) is 20.8 Å². The van der Waals surface area contributed by atoms with Gasteiger partial charge in [-0.25, -0.2) is 0 Å². The molecule has 19 heavy (non-hydrogen) atoms. The number of carbonyl (C=O) groups excluding carboxylic acids is 2. The smallest absolute Gasteiger partial charge is 0.312 e. The van der Waals surface area contributed by atoms with Crippen molar-refractivity contribution in [3.63, 3.8) is 0 Å². The second kappa shape index (κ2) is 5.90. The second-order valence-electron chi connectivity index (χ2n) is 5.81. The Morgan fingerprint density at radius 2 is 1.63 bits per heavy atom. The molecule has 2 rings (SSSR count). The van der Waals surface area contributed by atoms with Gasteiger partial charge in [-0.15, -0.1) is 0 Å². The lowest BCUT2D eigenvalue weighted by molar-refractivity contribution is -0.160. The third-order valence-electron chi connectivity index (χ3n) is 3.95. The molecule has 2 amide bonds. The van der Waals surface area contributed by atoms with E-state index < -0.39 is 0 Å². The predicted molar refractivity (Wildman–Crippen MR) is 71.6 cm³/mol. The molecule has 0 bridgehead atoms. The van der Waals surface area contributed by atoms with Crippen molar-refractivity contribution in [3.8, 4) is 0 Å². The van der Waals surface area contributed by atoms with Crippen LogP contribution in [0.15, 0.2) is 0 Å². The molecule has 0 N–H and O–H groups in total. The molecule has 2 aliphatic rings. The summed E-state index contributed by atoms with van der Waals surface area (Å²) >= 11 is 0. The summed E-state index contributed by atoms with van der Waals surface area (Å²) in [7, 11) is 0. The lowest BCUT2D eigenvalue weighted by Crippen LogP contribution is -2.55. The SMILES string of the molecule is CC1CN(C(=O)C(=O)N2CCCCC2C)CC(C)O1. The predicted octanol–water partition coefficient (Wildman–Crippen LogP) is 1.02. The van der Waals surface area contributed by atoms with E-state index in [1.54, 1.807) is 9.80 Å². The summed E-state index contributed by atoms with van der Waals surface area (Å²) in [6.07, 6.45) is 3.14. The van der Waals surface area contributed by atoms with Crippen molar-refractivity contribution in [2.45, 2.75) is 58.3 Å². The first-order chi connectivity index (χ1) is 8.99. The highest BCUT2D eigenvalue weighted by molar-refractivity contribution is 6.35. The van der Waals surface area contributed by atoms with E-state index in [0.29, 0.717) is 19.6 Å². The van der Waals surface area contributed by atoms with Crippen LogP contribution in [0.2, 0.25) is 0 Å². The van der Waals surface area contributed by atoms with Crippen LogP contribution < -0.4 is 0 Å². The number of morpholine rings is 1. The van der Waals surface area contributed by atoms with Gasteiger partial charge in [-0.05, 0) is 40.0 Å². The number of ether oxygens (including phenoxy) is 1. The maximum absolute atomic E-state index is 12.3. The minimum absolute atomic E-state index is 0.000667. The molecule has 2 aliphatic heterocycles. The molecule has 5 nitrogen and oxygen atoms in total. The molecule has 3 atom stereocenters. The summed E-state index contributed by atoms with van der Waals surface area (Å²) in [5.41, 5.74) is 0. The van der Waals surface area contributed by atoms with Crippen molar-refractivity contribution < 1.29 is 14.3 Å². The van der Waals surface area contributed by atoms with Crippen molar-refractivity contribution in [3.05, 3.63) is 0 Å². The van der Waals surface area contributed by atoms with Crippen molar-refractivity contribution in [2.24, 2.45) is 0 Å². The van der Waals surface area contributed by atoms with Gasteiger partial charge in [-0.3, -0.25) is 9.59 Å². The van der Waals surface area contributed by atoms with E-state index >= 15 is 0 Å². The molecule has 3 unspecified atom stereocenters. The molecule has 0 radical (unpaired) electrons. The quantitative estimate of drug-likeness (QED) is 0.616. The molecule has 0 aliphatic carbocycles. The number of amides is 2. The Bertz CT molecular complexity index is 349. The van der Waals surface area contributed by atoms with Gasteiger partial charge in [0.1, 0.15) is 0 Å². The van der Waals surface area contributed by atoms with Gasteiger partial charge in [0.2, 0.25) is 0 Å². The largest absolute Gasteiger partial charge is 0.372 e. The van der Waals surface area contributed by atoms with E-state index in [4.69, 9.17) is 4.74 Å². The first-order valence-corrected chi connectivity index (χ1v) is 7.24. The van der Waals surface area contributed by atoms with Crippen LogP contribution in [0.3, 0.4) is 0 Å². The zero-order chi connectivity index (χ0) is 14.0. The van der Waals surface area contributed by atoms with Crippen LogP contribution in [0.1, 0.15) is 40.0 Å². The van der Waals surface area contributed by atoms with Crippen LogP contribution in [0.5, 0.6) is 0 Å². The summed E-state index contributed by atoms with van der Waals surface area (Å²) < 4.78 is 5.59. The summed E-state index contributed by atoms with van der Waals surface area (Å²) in [6, 6.07) is 0.182. The van der Waals surface area contributed by atoms with Crippen molar-refractivity contribution in [2.75, 3.05) is 19.6 Å². The standard InChI is InChI=1S/C14H24N2O3/c1-10-6-4-5-7-16(10)14(18)13(17)15-8-11(2)19-12(3)9-15/h10-12H,4-9H2,1-3H3. The third-order valence-corrected chi connectivity index (χ3v) is 3.95. The Balaban J connectivity index is 2.00. The van der Waals surface area contributed by atoms with Gasteiger partial charge in [-0.2, -0.15) is 0 Å². The van der Waals surface area contributed by atoms with E-state index in [1.165, 1.54) is 0 Å². The van der Waals surface area contributed by atoms with E-state index in [-0.39, 0.29) is 30.1 Å². The van der Waals surface area contributed by atoms with Gasteiger partial charge in [0.15, 0.2) is 0 Å². The third kappa shape index (κ3) is 3.26. The summed E-state index contributed by atoms with van der Waals surface area (Å²) in [5.74, 6) is -0.704. The van der Waals surface area contributed by atoms with Gasteiger partial charge in [0.25, 0.3) is 0 Å². The molecule has 0 saturated carbocycles. The zero-order valence-corrected chi connectivity index (χ0v) is 12.1. The minimum atomic E-state index is -0.365. The molecule has 0 spiro atoms. The highest BCUT2D eigenvalue weighted by atomic mass is 16.5. The Morgan fingerprint density at radius 1 is 1.00 bits per heavy atom. The van der Waals surface area contributed by atoms with Gasteiger partial charge in [-0.1, -0.05) is 0 Å². The Kier molecular flexibility index (Phi) is 4.45. The monoisotopic (exact) mass is 268 g/mol. The van der Waals surface area contributed by atoms with Crippen LogP contribution in [0.4, 0.5) is 0 Å². The molecule has 5 heteroatoms. The normalized spacial score (nSPS) is 32.3. The lowest BCUT2D eigenvalue weighted by atomic mass is 10.0. The number of carbonyl (C=O) groups is 2. The van der Waals surface area contributed by atoms with Crippen LogP contribution in [0.25, 0.3) is 0 Å². The minimum Gasteiger partial charge on any atom is -0.372 e. The molecule has 0 aromatic carbocycles. The highest BCUT2D eigenvalue weighted by Gasteiger charge is 2.34. The van der Waals surface area contributed by atoms with E-state index in [2.05, 4.69) is 0 Å². The first kappa shape index (κ1) is 14.3. The molecular formula is C14H24N2O3. The van der Waals surface area contributed by atoms with Gasteiger partial charge in [0, 0.05) is 25.7 Å². The average Bonchev–Trinajstić information content (AvgIpc) is 2.36. The summed E-state index contributed by atoms with van der Waals surface area (Å²) in [5, 5.41) is 0. The van der Waals surface area contributed by atoms with Gasteiger partial charge >= 0.3 is 11.8 Å². The number of likely N-dealkylation sites (tertiary alicyclic amines) is 1. The van der Waals surface area contributed by atoms with Crippen molar-refractivity contribution >= 4 is 11.8 Å². The van der Waals surface area contributed by atoms with Crippen molar-refractivity contribution in [1.82, 2.24) is 9.80 Å². The maximum Gasteiger partial charge on any atom is 0.312 e. The van der Waals surface area contributed by atoms with Crippen molar-refractivity contribution in [1.29, 1.82) is 0 Å². The Labute approximate surface area is 114 Å². The maximum atomic E-state index is 12.3. The number of nitrogens with zero attached hydrogens (tertiary/aromatic N) is 2. The van der Waals surface area contributed by atoms with Gasteiger partial charge < -0.3 is 14.5 Å². The molecule has 0 aromatic rings. The number of hydrogen-bond donors (Lipinski definition) is 0. The fraction of sp³-hybridized carbons (Fsp3) is 0.857. The lowest BCUT2D eigenvalue weighted by Gasteiger charge is -2.38. The second-order valence-corrected chi connectivity index (χ2v) is 5.81. The molecule has 0 aromatic heterocycles.